The molecule has 0 heterocycles. The molecule has 0 spiro atoms. The van der Waals surface area contributed by atoms with E-state index in [2.05, 4.69) is 41.2 Å². The van der Waals surface area contributed by atoms with Crippen LogP contribution in [0, 0.1) is 0 Å². The Morgan fingerprint density at radius 3 is 2.39 bits per heavy atom. The molecule has 3 nitrogen and oxygen atoms in total. The summed E-state index contributed by atoms with van der Waals surface area (Å²) in [6.45, 7) is 5.19. The van der Waals surface area contributed by atoms with Gasteiger partial charge in [0.15, 0.2) is 11.5 Å². The van der Waals surface area contributed by atoms with E-state index in [4.69, 9.17) is 9.47 Å². The Bertz CT molecular complexity index is 369. The molecular weight excluding hydrogens is 294 g/mol. The number of methoxy groups -OCH3 is 2. The SMILES string of the molecule is COc1ccc(CNC(C)CC(C)Br)cc1OC. The highest BCUT2D eigenvalue weighted by molar-refractivity contribution is 9.09. The monoisotopic (exact) mass is 315 g/mol. The lowest BCUT2D eigenvalue weighted by Crippen LogP contribution is -2.27. The van der Waals surface area contributed by atoms with Gasteiger partial charge in [-0.15, -0.1) is 0 Å². The van der Waals surface area contributed by atoms with E-state index >= 15 is 0 Å². The number of nitrogens with one attached hydrogen (secondary N) is 1. The van der Waals surface area contributed by atoms with E-state index in [1.807, 2.05) is 12.1 Å². The van der Waals surface area contributed by atoms with Crippen molar-refractivity contribution < 1.29 is 9.47 Å². The largest absolute Gasteiger partial charge is 0.493 e. The molecule has 0 aliphatic rings. The van der Waals surface area contributed by atoms with Crippen molar-refractivity contribution in [3.63, 3.8) is 0 Å². The Labute approximate surface area is 118 Å². The van der Waals surface area contributed by atoms with Crippen LogP contribution >= 0.6 is 15.9 Å². The quantitative estimate of drug-likeness (QED) is 0.783. The second kappa shape index (κ2) is 7.64. The van der Waals surface area contributed by atoms with Crippen molar-refractivity contribution in [3.05, 3.63) is 23.8 Å². The first-order valence-electron chi connectivity index (χ1n) is 6.15. The number of alkyl halides is 1. The van der Waals surface area contributed by atoms with Gasteiger partial charge in [0.2, 0.25) is 0 Å². The minimum Gasteiger partial charge on any atom is -0.493 e. The molecule has 1 rings (SSSR count). The van der Waals surface area contributed by atoms with Crippen LogP contribution in [-0.2, 0) is 6.54 Å². The third-order valence-corrected chi connectivity index (χ3v) is 3.15. The normalized spacial score (nSPS) is 14.1. The summed E-state index contributed by atoms with van der Waals surface area (Å²) in [5, 5.41) is 3.49. The number of halogens is 1. The van der Waals surface area contributed by atoms with Crippen LogP contribution in [0.15, 0.2) is 18.2 Å². The average Bonchev–Trinajstić information content (AvgIpc) is 2.35. The fourth-order valence-corrected chi connectivity index (χ4v) is 2.41. The summed E-state index contributed by atoms with van der Waals surface area (Å²) >= 11 is 3.57. The van der Waals surface area contributed by atoms with Crippen molar-refractivity contribution in [3.8, 4) is 11.5 Å². The van der Waals surface area contributed by atoms with Gasteiger partial charge < -0.3 is 14.8 Å². The zero-order chi connectivity index (χ0) is 13.5. The van der Waals surface area contributed by atoms with Gasteiger partial charge in [0.1, 0.15) is 0 Å². The topological polar surface area (TPSA) is 30.5 Å². The van der Waals surface area contributed by atoms with Crippen molar-refractivity contribution in [1.29, 1.82) is 0 Å². The molecule has 0 fully saturated rings. The first-order chi connectivity index (χ1) is 8.56. The summed E-state index contributed by atoms with van der Waals surface area (Å²) in [4.78, 5) is 0.533. The molecule has 0 saturated heterocycles. The van der Waals surface area contributed by atoms with Crippen molar-refractivity contribution >= 4 is 15.9 Å². The number of hydrogen-bond donors (Lipinski definition) is 1. The Hall–Kier alpha value is -0.740. The van der Waals surface area contributed by atoms with E-state index in [9.17, 15) is 0 Å². The van der Waals surface area contributed by atoms with Gasteiger partial charge in [-0.1, -0.05) is 28.9 Å². The predicted octanol–water partition coefficient (Wildman–Crippen LogP) is 3.36. The molecule has 0 aliphatic carbocycles. The highest BCUT2D eigenvalue weighted by Crippen LogP contribution is 2.27. The minimum atomic E-state index is 0.479. The first kappa shape index (κ1) is 15.3. The fraction of sp³-hybridized carbons (Fsp3) is 0.571. The minimum absolute atomic E-state index is 0.479. The molecule has 1 aromatic rings. The zero-order valence-electron chi connectivity index (χ0n) is 11.5. The van der Waals surface area contributed by atoms with E-state index in [1.54, 1.807) is 14.2 Å². The van der Waals surface area contributed by atoms with Crippen LogP contribution in [0.3, 0.4) is 0 Å². The Balaban J connectivity index is 2.57. The molecule has 0 saturated carbocycles. The summed E-state index contributed by atoms with van der Waals surface area (Å²) in [6.07, 6.45) is 1.10. The van der Waals surface area contributed by atoms with Crippen molar-refractivity contribution in [1.82, 2.24) is 5.32 Å². The maximum atomic E-state index is 5.29. The summed E-state index contributed by atoms with van der Waals surface area (Å²) in [5.74, 6) is 1.54. The Morgan fingerprint density at radius 1 is 1.17 bits per heavy atom. The van der Waals surface area contributed by atoms with Crippen LogP contribution in [0.5, 0.6) is 11.5 Å². The lowest BCUT2D eigenvalue weighted by Gasteiger charge is -2.16. The average molecular weight is 316 g/mol. The van der Waals surface area contributed by atoms with Gasteiger partial charge >= 0.3 is 0 Å². The lowest BCUT2D eigenvalue weighted by atomic mass is 10.1. The third kappa shape index (κ3) is 4.86. The van der Waals surface area contributed by atoms with Gasteiger partial charge in [0, 0.05) is 17.4 Å². The summed E-state index contributed by atoms with van der Waals surface area (Å²) in [6, 6.07) is 6.48. The molecule has 102 valence electrons. The van der Waals surface area contributed by atoms with Crippen LogP contribution in [0.1, 0.15) is 25.8 Å². The van der Waals surface area contributed by atoms with E-state index in [0.29, 0.717) is 10.9 Å². The molecule has 1 N–H and O–H groups in total. The molecule has 4 heteroatoms. The van der Waals surface area contributed by atoms with Gasteiger partial charge in [-0.2, -0.15) is 0 Å². The second-order valence-corrected chi connectivity index (χ2v) is 6.05. The van der Waals surface area contributed by atoms with Gasteiger partial charge in [0.25, 0.3) is 0 Å². The fourth-order valence-electron chi connectivity index (χ4n) is 1.85. The van der Waals surface area contributed by atoms with E-state index in [0.717, 1.165) is 24.5 Å². The zero-order valence-corrected chi connectivity index (χ0v) is 13.1. The highest BCUT2D eigenvalue weighted by atomic mass is 79.9. The Kier molecular flexibility index (Phi) is 6.50. The van der Waals surface area contributed by atoms with E-state index < -0.39 is 0 Å². The molecule has 0 bridgehead atoms. The number of ether oxygens (including phenoxy) is 2. The predicted molar refractivity (Wildman–Crippen MR) is 78.9 cm³/mol. The molecule has 18 heavy (non-hydrogen) atoms. The van der Waals surface area contributed by atoms with Crippen LogP contribution in [0.4, 0.5) is 0 Å². The maximum absolute atomic E-state index is 5.29. The van der Waals surface area contributed by atoms with Crippen LogP contribution in [0.25, 0.3) is 0 Å². The molecule has 1 aromatic carbocycles. The highest BCUT2D eigenvalue weighted by Gasteiger charge is 2.07. The van der Waals surface area contributed by atoms with Crippen molar-refractivity contribution in [2.45, 2.75) is 37.7 Å². The van der Waals surface area contributed by atoms with Crippen molar-refractivity contribution in [2.24, 2.45) is 0 Å². The second-order valence-electron chi connectivity index (χ2n) is 4.49. The van der Waals surface area contributed by atoms with Gasteiger partial charge in [-0.25, -0.2) is 0 Å². The Morgan fingerprint density at radius 2 is 1.83 bits per heavy atom. The van der Waals surface area contributed by atoms with Gasteiger partial charge in [-0.05, 0) is 31.0 Å². The summed E-state index contributed by atoms with van der Waals surface area (Å²) in [5.41, 5.74) is 1.20. The smallest absolute Gasteiger partial charge is 0.161 e. The molecule has 0 aliphatic heterocycles. The molecule has 2 unspecified atom stereocenters. The summed E-state index contributed by atoms with van der Waals surface area (Å²) < 4.78 is 10.5. The van der Waals surface area contributed by atoms with Crippen LogP contribution in [-0.4, -0.2) is 25.1 Å². The van der Waals surface area contributed by atoms with E-state index in [-0.39, 0.29) is 0 Å². The van der Waals surface area contributed by atoms with Gasteiger partial charge in [0.05, 0.1) is 14.2 Å². The standard InChI is InChI=1S/C14H22BrNO2/c1-10(15)7-11(2)16-9-12-5-6-13(17-3)14(8-12)18-4/h5-6,8,10-11,16H,7,9H2,1-4H3. The maximum Gasteiger partial charge on any atom is 0.161 e. The third-order valence-electron chi connectivity index (χ3n) is 2.78. The first-order valence-corrected chi connectivity index (χ1v) is 7.06. The number of benzene rings is 1. The molecule has 0 radical (unpaired) electrons. The molecule has 0 aromatic heterocycles. The number of rotatable bonds is 7. The van der Waals surface area contributed by atoms with Crippen LogP contribution in [0.2, 0.25) is 0 Å². The lowest BCUT2D eigenvalue weighted by molar-refractivity contribution is 0.354. The molecule has 2 atom stereocenters. The summed E-state index contributed by atoms with van der Waals surface area (Å²) in [7, 11) is 3.30. The number of hydrogen-bond acceptors (Lipinski definition) is 3. The van der Waals surface area contributed by atoms with Crippen LogP contribution < -0.4 is 14.8 Å². The molecular formula is C14H22BrNO2. The molecule has 0 amide bonds. The van der Waals surface area contributed by atoms with Crippen molar-refractivity contribution in [2.75, 3.05) is 14.2 Å². The van der Waals surface area contributed by atoms with E-state index in [1.165, 1.54) is 5.56 Å². The van der Waals surface area contributed by atoms with Gasteiger partial charge in [-0.3, -0.25) is 0 Å².